The molecule has 1 heterocycles. The molecule has 1 aliphatic rings. The van der Waals surface area contributed by atoms with E-state index in [-0.39, 0.29) is 37.7 Å². The second-order valence-electron chi connectivity index (χ2n) is 8.41. The summed E-state index contributed by atoms with van der Waals surface area (Å²) in [4.78, 5) is 41.5. The molecule has 0 radical (unpaired) electrons. The fraction of sp³-hybridized carbons (Fsp3) is 0.370. The lowest BCUT2D eigenvalue weighted by Gasteiger charge is -2.31. The number of nitrogens with zero attached hydrogens (tertiary/aromatic N) is 2. The molecule has 2 aromatic carbocycles. The van der Waals surface area contributed by atoms with E-state index < -0.39 is 28.7 Å². The third-order valence-corrected chi connectivity index (χ3v) is 5.94. The minimum absolute atomic E-state index is 0.0589. The van der Waals surface area contributed by atoms with Gasteiger partial charge in [-0.1, -0.05) is 24.3 Å². The molecule has 0 spiro atoms. The van der Waals surface area contributed by atoms with Crippen LogP contribution in [0.15, 0.2) is 64.8 Å². The highest BCUT2D eigenvalue weighted by molar-refractivity contribution is 6.07. The molecule has 0 aromatic heterocycles. The maximum Gasteiger partial charge on any atom is 0.336 e. The van der Waals surface area contributed by atoms with Gasteiger partial charge >= 0.3 is 11.9 Å². The quantitative estimate of drug-likeness (QED) is 0.209. The lowest BCUT2D eigenvalue weighted by atomic mass is 9.75. The molecule has 1 aliphatic heterocycles. The maximum atomic E-state index is 13.3. The number of ether oxygens (including phenoxy) is 3. The summed E-state index contributed by atoms with van der Waals surface area (Å²) in [6.45, 7) is 5.18. The monoisotopic (exact) mass is 510 g/mol. The van der Waals surface area contributed by atoms with Gasteiger partial charge in [0.15, 0.2) is 0 Å². The fourth-order valence-electron chi connectivity index (χ4n) is 4.28. The Bertz CT molecular complexity index is 1200. The number of carbonyl (C=O) groups excluding carboxylic acids is 2. The molecule has 10 nitrogen and oxygen atoms in total. The Morgan fingerprint density at radius 3 is 2.46 bits per heavy atom. The Morgan fingerprint density at radius 1 is 1.08 bits per heavy atom. The second-order valence-corrected chi connectivity index (χ2v) is 8.41. The Kier molecular flexibility index (Phi) is 9.51. The zero-order chi connectivity index (χ0) is 26.9. The van der Waals surface area contributed by atoms with Gasteiger partial charge in [0.1, 0.15) is 24.9 Å². The smallest absolute Gasteiger partial charge is 0.336 e. The van der Waals surface area contributed by atoms with Crippen LogP contribution >= 0.6 is 0 Å². The molecule has 10 heteroatoms. The minimum Gasteiger partial charge on any atom is -0.490 e. The average Bonchev–Trinajstić information content (AvgIpc) is 2.87. The number of aliphatic imine (C=N–C) groups is 1. The second kappa shape index (κ2) is 12.8. The van der Waals surface area contributed by atoms with Gasteiger partial charge < -0.3 is 19.3 Å². The first kappa shape index (κ1) is 27.5. The van der Waals surface area contributed by atoms with E-state index in [0.29, 0.717) is 29.1 Å². The van der Waals surface area contributed by atoms with Gasteiger partial charge in [0.25, 0.3) is 5.69 Å². The summed E-state index contributed by atoms with van der Waals surface area (Å²) in [5.41, 5.74) is 2.16. The summed E-state index contributed by atoms with van der Waals surface area (Å²) in [6.07, 6.45) is 0.548. The molecule has 3 rings (SSSR count). The van der Waals surface area contributed by atoms with Crippen molar-refractivity contribution in [2.75, 3.05) is 26.4 Å². The normalized spacial score (nSPS) is 17.1. The van der Waals surface area contributed by atoms with Gasteiger partial charge in [-0.2, -0.15) is 0 Å². The molecule has 0 amide bonds. The summed E-state index contributed by atoms with van der Waals surface area (Å²) in [5.74, 6) is -2.50. The van der Waals surface area contributed by atoms with Gasteiger partial charge in [0.2, 0.25) is 0 Å². The highest BCUT2D eigenvalue weighted by Crippen LogP contribution is 2.41. The highest BCUT2D eigenvalue weighted by Gasteiger charge is 2.42. The molecule has 2 unspecified atom stereocenters. The number of hydrogen-bond acceptors (Lipinski definition) is 9. The zero-order valence-corrected chi connectivity index (χ0v) is 21.0. The van der Waals surface area contributed by atoms with Gasteiger partial charge in [0.05, 0.1) is 17.1 Å². The summed E-state index contributed by atoms with van der Waals surface area (Å²) < 4.78 is 16.4. The lowest BCUT2D eigenvalue weighted by Crippen LogP contribution is -2.36. The Labute approximate surface area is 214 Å². The molecule has 1 N–H and O–H groups in total. The molecule has 0 saturated heterocycles. The van der Waals surface area contributed by atoms with Crippen molar-refractivity contribution in [1.82, 2.24) is 0 Å². The van der Waals surface area contributed by atoms with Crippen molar-refractivity contribution in [2.24, 2.45) is 10.9 Å². The van der Waals surface area contributed by atoms with Crippen LogP contribution in [-0.2, 0) is 25.5 Å². The van der Waals surface area contributed by atoms with Crippen molar-refractivity contribution in [1.29, 1.82) is 0 Å². The molecule has 2 atom stereocenters. The van der Waals surface area contributed by atoms with Gasteiger partial charge in [-0.15, -0.1) is 0 Å². The number of rotatable bonds is 11. The minimum atomic E-state index is -0.943. The van der Waals surface area contributed by atoms with Crippen LogP contribution in [0.1, 0.15) is 37.8 Å². The summed E-state index contributed by atoms with van der Waals surface area (Å²) in [5, 5.41) is 20.4. The van der Waals surface area contributed by atoms with E-state index in [1.54, 1.807) is 39.0 Å². The number of hydrogen-bond donors (Lipinski definition) is 1. The van der Waals surface area contributed by atoms with Crippen molar-refractivity contribution < 1.29 is 33.8 Å². The highest BCUT2D eigenvalue weighted by atomic mass is 16.6. The molecule has 196 valence electrons. The van der Waals surface area contributed by atoms with E-state index in [4.69, 9.17) is 19.3 Å². The summed E-state index contributed by atoms with van der Waals surface area (Å²) >= 11 is 0. The first-order valence-corrected chi connectivity index (χ1v) is 11.9. The van der Waals surface area contributed by atoms with Crippen molar-refractivity contribution in [3.63, 3.8) is 0 Å². The van der Waals surface area contributed by atoms with Crippen molar-refractivity contribution in [3.05, 3.63) is 81.0 Å². The number of aliphatic hydroxyl groups is 1. The van der Waals surface area contributed by atoms with E-state index in [1.165, 1.54) is 18.2 Å². The van der Waals surface area contributed by atoms with Crippen LogP contribution in [0.3, 0.4) is 0 Å². The number of carbonyl (C=O) groups is 2. The Balaban J connectivity index is 1.82. The molecule has 37 heavy (non-hydrogen) atoms. The van der Waals surface area contributed by atoms with Gasteiger partial charge in [-0.05, 0) is 50.5 Å². The molecule has 0 fully saturated rings. The van der Waals surface area contributed by atoms with Crippen LogP contribution in [0.25, 0.3) is 0 Å². The van der Waals surface area contributed by atoms with Crippen LogP contribution in [0.5, 0.6) is 5.75 Å². The fourth-order valence-corrected chi connectivity index (χ4v) is 4.28. The van der Waals surface area contributed by atoms with E-state index in [9.17, 15) is 19.7 Å². The van der Waals surface area contributed by atoms with E-state index >= 15 is 0 Å². The molecular formula is C27H30N2O8. The molecular weight excluding hydrogens is 480 g/mol. The molecule has 0 aliphatic carbocycles. The lowest BCUT2D eigenvalue weighted by molar-refractivity contribution is -0.384. The summed E-state index contributed by atoms with van der Waals surface area (Å²) in [6, 6.07) is 13.0. The third kappa shape index (κ3) is 6.79. The number of benzene rings is 2. The molecule has 2 aromatic rings. The van der Waals surface area contributed by atoms with Crippen LogP contribution < -0.4 is 4.74 Å². The predicted molar refractivity (Wildman–Crippen MR) is 135 cm³/mol. The predicted octanol–water partition coefficient (Wildman–Crippen LogP) is 3.76. The number of non-ortho nitro benzene ring substituents is 1. The van der Waals surface area contributed by atoms with Crippen LogP contribution in [0.2, 0.25) is 0 Å². The average molecular weight is 511 g/mol. The largest absolute Gasteiger partial charge is 0.490 e. The number of allylic oxidation sites excluding steroid dienone is 1. The SMILES string of the molecule is CCOC(=O)C1C(C)=NC(C)=C(C(=O)OCCOc2ccc(CCO)cc2)C1c1cccc([N+](=O)[O-])c1. The first-order valence-electron chi connectivity index (χ1n) is 11.9. The first-order chi connectivity index (χ1) is 17.8. The standard InChI is InChI=1S/C27H30N2O8/c1-4-35-26(31)23-17(2)28-18(3)24(25(23)20-6-5-7-21(16-20)29(33)34)27(32)37-15-14-36-22-10-8-19(9-11-22)12-13-30/h5-11,16,23,25,30H,4,12-15H2,1-3H3. The van der Waals surface area contributed by atoms with Crippen molar-refractivity contribution in [2.45, 2.75) is 33.1 Å². The van der Waals surface area contributed by atoms with E-state index in [2.05, 4.69) is 4.99 Å². The van der Waals surface area contributed by atoms with Gasteiger partial charge in [-0.3, -0.25) is 19.9 Å². The maximum absolute atomic E-state index is 13.3. The summed E-state index contributed by atoms with van der Waals surface area (Å²) in [7, 11) is 0. The van der Waals surface area contributed by atoms with Gasteiger partial charge in [0, 0.05) is 36.1 Å². The van der Waals surface area contributed by atoms with Crippen molar-refractivity contribution >= 4 is 23.3 Å². The van der Waals surface area contributed by atoms with E-state index in [1.807, 2.05) is 12.1 Å². The van der Waals surface area contributed by atoms with Crippen molar-refractivity contribution in [3.8, 4) is 5.75 Å². The molecule has 0 bridgehead atoms. The van der Waals surface area contributed by atoms with Crippen LogP contribution in [0, 0.1) is 16.0 Å². The number of esters is 2. The van der Waals surface area contributed by atoms with Crippen LogP contribution in [0.4, 0.5) is 5.69 Å². The number of aliphatic hydroxyl groups excluding tert-OH is 1. The topological polar surface area (TPSA) is 138 Å². The van der Waals surface area contributed by atoms with Crippen LogP contribution in [-0.4, -0.2) is 54.1 Å². The number of nitro groups is 1. The third-order valence-electron chi connectivity index (χ3n) is 5.94. The Hall–Kier alpha value is -4.05. The zero-order valence-electron chi connectivity index (χ0n) is 21.0. The molecule has 0 saturated carbocycles. The van der Waals surface area contributed by atoms with Gasteiger partial charge in [-0.25, -0.2) is 4.79 Å². The van der Waals surface area contributed by atoms with E-state index in [0.717, 1.165) is 5.56 Å². The number of nitro benzene ring substituents is 1. The Morgan fingerprint density at radius 2 is 1.81 bits per heavy atom.